The van der Waals surface area contributed by atoms with E-state index in [4.69, 9.17) is 4.42 Å². The highest BCUT2D eigenvalue weighted by atomic mass is 16.3. The van der Waals surface area contributed by atoms with E-state index < -0.39 is 0 Å². The van der Waals surface area contributed by atoms with Crippen molar-refractivity contribution in [1.29, 1.82) is 0 Å². The van der Waals surface area contributed by atoms with Gasteiger partial charge in [-0.25, -0.2) is 0 Å². The highest BCUT2D eigenvalue weighted by Gasteiger charge is 2.25. The van der Waals surface area contributed by atoms with Crippen molar-refractivity contribution >= 4 is 11.0 Å². The van der Waals surface area contributed by atoms with E-state index in [1.165, 1.54) is 16.7 Å². The number of aromatic hydroxyl groups is 1. The molecule has 0 saturated carbocycles. The summed E-state index contributed by atoms with van der Waals surface area (Å²) < 4.78 is 5.53. The highest BCUT2D eigenvalue weighted by molar-refractivity contribution is 5.78. The second kappa shape index (κ2) is 4.64. The molecular formula is C18H17NO2. The van der Waals surface area contributed by atoms with Gasteiger partial charge < -0.3 is 14.4 Å². The number of furan rings is 1. The summed E-state index contributed by atoms with van der Waals surface area (Å²) in [5.41, 5.74) is 4.70. The van der Waals surface area contributed by atoms with Crippen molar-refractivity contribution in [3.8, 4) is 5.75 Å². The number of benzene rings is 2. The van der Waals surface area contributed by atoms with E-state index in [0.29, 0.717) is 11.7 Å². The summed E-state index contributed by atoms with van der Waals surface area (Å²) in [6.07, 6.45) is 1.73. The summed E-state index contributed by atoms with van der Waals surface area (Å²) in [7, 11) is 2.12. The number of phenolic OH excluding ortho intramolecular Hbond substituents is 1. The average molecular weight is 279 g/mol. The van der Waals surface area contributed by atoms with E-state index in [1.807, 2.05) is 12.1 Å². The molecule has 0 aliphatic carbocycles. The SMILES string of the molecule is CN1Cc2cc(O)ccc2C(c2ccc3ccoc3c2)C1. The minimum Gasteiger partial charge on any atom is -0.508 e. The Labute approximate surface area is 123 Å². The molecule has 4 rings (SSSR count). The molecule has 1 unspecified atom stereocenters. The van der Waals surface area contributed by atoms with Crippen molar-refractivity contribution in [2.75, 3.05) is 13.6 Å². The third-order valence-electron chi connectivity index (χ3n) is 4.32. The van der Waals surface area contributed by atoms with Crippen LogP contribution in [-0.2, 0) is 6.54 Å². The summed E-state index contributed by atoms with van der Waals surface area (Å²) in [5, 5.41) is 10.8. The van der Waals surface area contributed by atoms with Crippen LogP contribution in [0.5, 0.6) is 5.75 Å². The fraction of sp³-hybridized carbons (Fsp3) is 0.222. The molecule has 1 N–H and O–H groups in total. The molecule has 0 fully saturated rings. The maximum absolute atomic E-state index is 9.71. The second-order valence-electron chi connectivity index (χ2n) is 5.85. The van der Waals surface area contributed by atoms with Gasteiger partial charge in [0.15, 0.2) is 0 Å². The average Bonchev–Trinajstić information content (AvgIpc) is 2.93. The van der Waals surface area contributed by atoms with Crippen LogP contribution in [0.2, 0.25) is 0 Å². The van der Waals surface area contributed by atoms with Gasteiger partial charge in [-0.1, -0.05) is 18.2 Å². The van der Waals surface area contributed by atoms with Crippen molar-refractivity contribution in [3.63, 3.8) is 0 Å². The molecule has 0 bridgehead atoms. The molecule has 0 amide bonds. The first kappa shape index (κ1) is 12.5. The van der Waals surface area contributed by atoms with Gasteiger partial charge in [0, 0.05) is 24.4 Å². The van der Waals surface area contributed by atoms with E-state index in [-0.39, 0.29) is 0 Å². The summed E-state index contributed by atoms with van der Waals surface area (Å²) in [4.78, 5) is 2.29. The van der Waals surface area contributed by atoms with Crippen LogP contribution in [0, 0.1) is 0 Å². The van der Waals surface area contributed by atoms with Crippen LogP contribution in [0.25, 0.3) is 11.0 Å². The Bertz CT molecular complexity index is 806. The standard InChI is InChI=1S/C18H17NO2/c1-19-10-14-8-15(20)4-5-16(14)17(11-19)13-3-2-12-6-7-21-18(12)9-13/h2-9,17,20H,10-11H2,1H3. The lowest BCUT2D eigenvalue weighted by molar-refractivity contribution is 0.294. The first-order chi connectivity index (χ1) is 10.2. The molecule has 1 aliphatic rings. The number of fused-ring (bicyclic) bond motifs is 2. The van der Waals surface area contributed by atoms with Crippen LogP contribution in [0.1, 0.15) is 22.6 Å². The molecule has 106 valence electrons. The quantitative estimate of drug-likeness (QED) is 0.737. The van der Waals surface area contributed by atoms with E-state index in [1.54, 1.807) is 12.3 Å². The number of rotatable bonds is 1. The lowest BCUT2D eigenvalue weighted by Gasteiger charge is -2.32. The minimum atomic E-state index is 0.314. The Morgan fingerprint density at radius 2 is 2.05 bits per heavy atom. The zero-order valence-corrected chi connectivity index (χ0v) is 11.9. The second-order valence-corrected chi connectivity index (χ2v) is 5.85. The van der Waals surface area contributed by atoms with Crippen LogP contribution in [0.15, 0.2) is 53.1 Å². The smallest absolute Gasteiger partial charge is 0.134 e. The van der Waals surface area contributed by atoms with Crippen molar-refractivity contribution in [3.05, 3.63) is 65.4 Å². The molecule has 1 aromatic heterocycles. The van der Waals surface area contributed by atoms with Crippen LogP contribution < -0.4 is 0 Å². The normalized spacial score (nSPS) is 18.8. The van der Waals surface area contributed by atoms with Crippen molar-refractivity contribution in [2.45, 2.75) is 12.5 Å². The molecule has 2 heterocycles. The number of phenols is 1. The molecule has 1 atom stereocenters. The fourth-order valence-electron chi connectivity index (χ4n) is 3.31. The largest absolute Gasteiger partial charge is 0.508 e. The Morgan fingerprint density at radius 1 is 1.14 bits per heavy atom. The fourth-order valence-corrected chi connectivity index (χ4v) is 3.31. The molecular weight excluding hydrogens is 262 g/mol. The van der Waals surface area contributed by atoms with Crippen LogP contribution in [-0.4, -0.2) is 23.6 Å². The van der Waals surface area contributed by atoms with Crippen LogP contribution >= 0.6 is 0 Å². The zero-order valence-electron chi connectivity index (χ0n) is 11.9. The van der Waals surface area contributed by atoms with E-state index in [0.717, 1.165) is 24.1 Å². The molecule has 21 heavy (non-hydrogen) atoms. The van der Waals surface area contributed by atoms with Crippen LogP contribution in [0.3, 0.4) is 0 Å². The Balaban J connectivity index is 1.84. The molecule has 0 saturated heterocycles. The van der Waals surface area contributed by atoms with Gasteiger partial charge in [0.25, 0.3) is 0 Å². The van der Waals surface area contributed by atoms with Crippen molar-refractivity contribution in [1.82, 2.24) is 4.90 Å². The predicted molar refractivity (Wildman–Crippen MR) is 82.5 cm³/mol. The maximum atomic E-state index is 9.71. The van der Waals surface area contributed by atoms with Gasteiger partial charge >= 0.3 is 0 Å². The van der Waals surface area contributed by atoms with E-state index in [2.05, 4.69) is 36.2 Å². The van der Waals surface area contributed by atoms with Gasteiger partial charge in [0.1, 0.15) is 11.3 Å². The van der Waals surface area contributed by atoms with Gasteiger partial charge in [-0.05, 0) is 48.0 Å². The van der Waals surface area contributed by atoms with Gasteiger partial charge in [-0.15, -0.1) is 0 Å². The van der Waals surface area contributed by atoms with Crippen molar-refractivity contribution < 1.29 is 9.52 Å². The summed E-state index contributed by atoms with van der Waals surface area (Å²) in [6.45, 7) is 1.85. The topological polar surface area (TPSA) is 36.6 Å². The molecule has 1 aliphatic heterocycles. The Morgan fingerprint density at radius 3 is 2.95 bits per heavy atom. The summed E-state index contributed by atoms with van der Waals surface area (Å²) >= 11 is 0. The van der Waals surface area contributed by atoms with Gasteiger partial charge in [0.2, 0.25) is 0 Å². The summed E-state index contributed by atoms with van der Waals surface area (Å²) in [5.74, 6) is 0.651. The van der Waals surface area contributed by atoms with Gasteiger partial charge in [0.05, 0.1) is 6.26 Å². The van der Waals surface area contributed by atoms with Crippen molar-refractivity contribution in [2.24, 2.45) is 0 Å². The number of hydrogen-bond acceptors (Lipinski definition) is 3. The number of hydrogen-bond donors (Lipinski definition) is 1. The van der Waals surface area contributed by atoms with E-state index >= 15 is 0 Å². The zero-order chi connectivity index (χ0) is 14.4. The minimum absolute atomic E-state index is 0.314. The Kier molecular flexibility index (Phi) is 2.76. The Hall–Kier alpha value is -2.26. The third kappa shape index (κ3) is 2.10. The number of nitrogens with zero attached hydrogens (tertiary/aromatic N) is 1. The monoisotopic (exact) mass is 279 g/mol. The third-order valence-corrected chi connectivity index (χ3v) is 4.32. The first-order valence-electron chi connectivity index (χ1n) is 7.18. The van der Waals surface area contributed by atoms with Gasteiger partial charge in [-0.3, -0.25) is 0 Å². The lowest BCUT2D eigenvalue weighted by Crippen LogP contribution is -2.30. The van der Waals surface area contributed by atoms with E-state index in [9.17, 15) is 5.11 Å². The highest BCUT2D eigenvalue weighted by Crippen LogP contribution is 2.35. The maximum Gasteiger partial charge on any atom is 0.134 e. The predicted octanol–water partition coefficient (Wildman–Crippen LogP) is 3.72. The molecule has 3 heteroatoms. The molecule has 0 spiro atoms. The molecule has 3 nitrogen and oxygen atoms in total. The molecule has 3 aromatic rings. The lowest BCUT2D eigenvalue weighted by atomic mass is 9.84. The number of likely N-dealkylation sites (N-methyl/N-ethyl adjacent to an activating group) is 1. The molecule has 0 radical (unpaired) electrons. The van der Waals surface area contributed by atoms with Crippen LogP contribution in [0.4, 0.5) is 0 Å². The van der Waals surface area contributed by atoms with Gasteiger partial charge in [-0.2, -0.15) is 0 Å². The first-order valence-corrected chi connectivity index (χ1v) is 7.18. The molecule has 2 aromatic carbocycles. The summed E-state index contributed by atoms with van der Waals surface area (Å²) in [6, 6.07) is 14.1.